The summed E-state index contributed by atoms with van der Waals surface area (Å²) < 4.78 is 16.2. The summed E-state index contributed by atoms with van der Waals surface area (Å²) in [6.07, 6.45) is 5.45. The fourth-order valence-corrected chi connectivity index (χ4v) is 2.88. The Bertz CT molecular complexity index is 848. The number of carbonyl (C=O) groups excluding carboxylic acids is 1. The maximum atomic E-state index is 13.9. The lowest BCUT2D eigenvalue weighted by atomic mass is 10.1. The predicted molar refractivity (Wildman–Crippen MR) is 97.4 cm³/mol. The zero-order valence-corrected chi connectivity index (χ0v) is 15.0. The molecule has 0 fully saturated rings. The second-order valence-corrected chi connectivity index (χ2v) is 6.57. The van der Waals surface area contributed by atoms with Gasteiger partial charge in [0.2, 0.25) is 5.91 Å². The van der Waals surface area contributed by atoms with Gasteiger partial charge in [-0.25, -0.2) is 9.37 Å². The zero-order chi connectivity index (χ0) is 17.6. The van der Waals surface area contributed by atoms with Gasteiger partial charge in [0.05, 0.1) is 17.2 Å². The van der Waals surface area contributed by atoms with Crippen LogP contribution in [-0.2, 0) is 24.3 Å². The lowest BCUT2D eigenvalue weighted by Crippen LogP contribution is -2.25. The molecule has 0 saturated carbocycles. The van der Waals surface area contributed by atoms with Crippen molar-refractivity contribution in [1.82, 2.24) is 14.9 Å². The number of imidazole rings is 1. The number of halogens is 2. The Morgan fingerprint density at radius 3 is 2.64 bits per heavy atom. The summed E-state index contributed by atoms with van der Waals surface area (Å²) in [4.78, 5) is 16.0. The zero-order valence-electron chi connectivity index (χ0n) is 13.5. The summed E-state index contributed by atoms with van der Waals surface area (Å²) in [5.74, 6) is -0.596. The molecule has 1 heterocycles. The third kappa shape index (κ3) is 4.76. The van der Waals surface area contributed by atoms with E-state index in [1.807, 2.05) is 35.0 Å². The van der Waals surface area contributed by atoms with Gasteiger partial charge in [0.1, 0.15) is 5.82 Å². The molecule has 0 unspecified atom stereocenters. The fourth-order valence-electron chi connectivity index (χ4n) is 2.47. The Morgan fingerprint density at radius 2 is 1.92 bits per heavy atom. The Morgan fingerprint density at radius 1 is 1.16 bits per heavy atom. The van der Waals surface area contributed by atoms with Crippen molar-refractivity contribution in [2.75, 3.05) is 0 Å². The van der Waals surface area contributed by atoms with Gasteiger partial charge in [0.25, 0.3) is 0 Å². The Labute approximate surface area is 153 Å². The van der Waals surface area contributed by atoms with Crippen molar-refractivity contribution in [1.29, 1.82) is 0 Å². The second-order valence-electron chi connectivity index (χ2n) is 5.72. The quantitative estimate of drug-likeness (QED) is 0.684. The van der Waals surface area contributed by atoms with Gasteiger partial charge in [-0.3, -0.25) is 4.79 Å². The van der Waals surface area contributed by atoms with E-state index in [-0.39, 0.29) is 18.1 Å². The summed E-state index contributed by atoms with van der Waals surface area (Å²) in [6, 6.07) is 12.9. The number of carbonyl (C=O) groups is 1. The average molecular weight is 402 g/mol. The molecule has 1 aromatic heterocycles. The molecule has 0 spiro atoms. The third-order valence-corrected chi connectivity index (χ3v) is 4.43. The van der Waals surface area contributed by atoms with E-state index in [0.717, 1.165) is 17.7 Å². The van der Waals surface area contributed by atoms with Gasteiger partial charge < -0.3 is 9.88 Å². The van der Waals surface area contributed by atoms with Crippen molar-refractivity contribution in [2.45, 2.75) is 19.5 Å². The van der Waals surface area contributed by atoms with Crippen molar-refractivity contribution in [3.63, 3.8) is 0 Å². The highest BCUT2D eigenvalue weighted by Gasteiger charge is 2.10. The van der Waals surface area contributed by atoms with E-state index in [0.29, 0.717) is 16.6 Å². The van der Waals surface area contributed by atoms with E-state index in [1.54, 1.807) is 30.7 Å². The van der Waals surface area contributed by atoms with E-state index in [9.17, 15) is 9.18 Å². The van der Waals surface area contributed by atoms with Gasteiger partial charge in [0.15, 0.2) is 0 Å². The van der Waals surface area contributed by atoms with E-state index in [4.69, 9.17) is 0 Å². The Balaban J connectivity index is 1.52. The maximum Gasteiger partial charge on any atom is 0.224 e. The first-order valence-corrected chi connectivity index (χ1v) is 8.64. The van der Waals surface area contributed by atoms with E-state index in [2.05, 4.69) is 26.2 Å². The highest BCUT2D eigenvalue weighted by molar-refractivity contribution is 9.10. The van der Waals surface area contributed by atoms with E-state index < -0.39 is 0 Å². The molecule has 0 radical (unpaired) electrons. The molecule has 128 valence electrons. The average Bonchev–Trinajstić information content (AvgIpc) is 3.11. The number of aromatic nitrogens is 2. The van der Waals surface area contributed by atoms with Crippen LogP contribution in [0.2, 0.25) is 0 Å². The molecule has 0 aliphatic carbocycles. The van der Waals surface area contributed by atoms with Crippen LogP contribution in [0, 0.1) is 5.82 Å². The Hall–Kier alpha value is -2.47. The molecule has 6 heteroatoms. The van der Waals surface area contributed by atoms with Gasteiger partial charge in [-0.2, -0.15) is 0 Å². The molecule has 2 aromatic carbocycles. The number of nitrogens with zero attached hydrogens (tertiary/aromatic N) is 2. The minimum Gasteiger partial charge on any atom is -0.352 e. The minimum atomic E-state index is -0.387. The van der Waals surface area contributed by atoms with Crippen molar-refractivity contribution >= 4 is 21.8 Å². The molecule has 0 aliphatic rings. The molecule has 1 amide bonds. The second kappa shape index (κ2) is 8.07. The maximum absolute atomic E-state index is 13.9. The Kier molecular flexibility index (Phi) is 5.60. The molecule has 0 atom stereocenters. The summed E-state index contributed by atoms with van der Waals surface area (Å²) in [5.41, 5.74) is 2.53. The van der Waals surface area contributed by atoms with Crippen LogP contribution in [0.3, 0.4) is 0 Å². The number of amides is 1. The van der Waals surface area contributed by atoms with E-state index >= 15 is 0 Å². The molecular formula is C19H17BrFN3O. The molecule has 3 rings (SSSR count). The molecule has 3 aromatic rings. The monoisotopic (exact) mass is 401 g/mol. The molecular weight excluding hydrogens is 385 g/mol. The highest BCUT2D eigenvalue weighted by Crippen LogP contribution is 2.18. The summed E-state index contributed by atoms with van der Waals surface area (Å²) >= 11 is 3.13. The third-order valence-electron chi connectivity index (χ3n) is 3.82. The van der Waals surface area contributed by atoms with Crippen LogP contribution in [0.15, 0.2) is 65.7 Å². The predicted octanol–water partition coefficient (Wildman–Crippen LogP) is 3.69. The van der Waals surface area contributed by atoms with Crippen LogP contribution in [0.5, 0.6) is 0 Å². The highest BCUT2D eigenvalue weighted by atomic mass is 79.9. The van der Waals surface area contributed by atoms with Crippen molar-refractivity contribution in [2.24, 2.45) is 0 Å². The van der Waals surface area contributed by atoms with Gasteiger partial charge in [-0.05, 0) is 38.7 Å². The first kappa shape index (κ1) is 17.4. The number of nitrogens with one attached hydrogen (secondary N) is 1. The van der Waals surface area contributed by atoms with Crippen LogP contribution < -0.4 is 5.32 Å². The van der Waals surface area contributed by atoms with Crippen LogP contribution in [-0.4, -0.2) is 15.5 Å². The van der Waals surface area contributed by atoms with E-state index in [1.165, 1.54) is 0 Å². The SMILES string of the molecule is O=C(Cc1cccc(Br)c1F)NCc1ccc(Cn2ccnc2)cc1. The molecule has 4 nitrogen and oxygen atoms in total. The molecule has 0 aliphatic heterocycles. The summed E-state index contributed by atoms with van der Waals surface area (Å²) in [6.45, 7) is 1.18. The lowest BCUT2D eigenvalue weighted by Gasteiger charge is -2.08. The van der Waals surface area contributed by atoms with Crippen LogP contribution in [0.25, 0.3) is 0 Å². The standard InChI is InChI=1S/C19H17BrFN3O/c20-17-3-1-2-16(19(17)21)10-18(25)23-11-14-4-6-15(7-5-14)12-24-9-8-22-13-24/h1-9,13H,10-12H2,(H,23,25). The largest absolute Gasteiger partial charge is 0.352 e. The molecule has 0 bridgehead atoms. The first-order valence-electron chi connectivity index (χ1n) is 7.85. The van der Waals surface area contributed by atoms with Crippen LogP contribution in [0.4, 0.5) is 4.39 Å². The molecule has 1 N–H and O–H groups in total. The van der Waals surface area contributed by atoms with Gasteiger partial charge in [-0.1, -0.05) is 36.4 Å². The van der Waals surface area contributed by atoms with Crippen molar-refractivity contribution in [3.05, 3.63) is 88.2 Å². The normalized spacial score (nSPS) is 10.6. The molecule has 25 heavy (non-hydrogen) atoms. The summed E-state index contributed by atoms with van der Waals surface area (Å²) in [5, 5.41) is 2.82. The lowest BCUT2D eigenvalue weighted by molar-refractivity contribution is -0.120. The van der Waals surface area contributed by atoms with Gasteiger partial charge in [-0.15, -0.1) is 0 Å². The summed E-state index contributed by atoms with van der Waals surface area (Å²) in [7, 11) is 0. The van der Waals surface area contributed by atoms with Gasteiger partial charge >= 0.3 is 0 Å². The van der Waals surface area contributed by atoms with Crippen molar-refractivity contribution < 1.29 is 9.18 Å². The number of hydrogen-bond acceptors (Lipinski definition) is 2. The van der Waals surface area contributed by atoms with Crippen molar-refractivity contribution in [3.8, 4) is 0 Å². The first-order chi connectivity index (χ1) is 12.1. The number of hydrogen-bond donors (Lipinski definition) is 1. The fraction of sp³-hybridized carbons (Fsp3) is 0.158. The van der Waals surface area contributed by atoms with Gasteiger partial charge in [0, 0.05) is 25.5 Å². The van der Waals surface area contributed by atoms with Crippen LogP contribution >= 0.6 is 15.9 Å². The number of rotatable bonds is 6. The topological polar surface area (TPSA) is 46.9 Å². The van der Waals surface area contributed by atoms with Crippen LogP contribution in [0.1, 0.15) is 16.7 Å². The molecule has 0 saturated heterocycles. The number of benzene rings is 2. The minimum absolute atomic E-state index is 0.0178. The smallest absolute Gasteiger partial charge is 0.224 e.